The van der Waals surface area contributed by atoms with Crippen LogP contribution in [0.5, 0.6) is 5.75 Å². The molecule has 2 aromatic heterocycles. The fraction of sp³-hybridized carbons (Fsp3) is 0.409. The molecule has 2 aliphatic rings. The molecular formula is C22H25N7O3. The summed E-state index contributed by atoms with van der Waals surface area (Å²) in [4.78, 5) is 31.3. The molecule has 2 saturated heterocycles. The zero-order chi connectivity index (χ0) is 22.4. The molecule has 0 aliphatic carbocycles. The fourth-order valence-electron chi connectivity index (χ4n) is 4.31. The van der Waals surface area contributed by atoms with E-state index in [-0.39, 0.29) is 30.2 Å². The van der Waals surface area contributed by atoms with Crippen LogP contribution in [0.4, 0.5) is 11.5 Å². The summed E-state index contributed by atoms with van der Waals surface area (Å²) >= 11 is 0. The second-order valence-electron chi connectivity index (χ2n) is 8.32. The van der Waals surface area contributed by atoms with Crippen LogP contribution in [0.15, 0.2) is 36.4 Å². The monoisotopic (exact) mass is 435 g/mol. The number of carbonyl (C=O) groups excluding carboxylic acids is 2. The van der Waals surface area contributed by atoms with Crippen LogP contribution >= 0.6 is 0 Å². The molecule has 1 aromatic carbocycles. The van der Waals surface area contributed by atoms with Gasteiger partial charge < -0.3 is 19.4 Å². The standard InChI is InChI=1S/C22H25N7O3/c1-14-23-24-19-7-8-20(25-29(14)19)27-12-17(13-27)26(2)22(31)15-9-21(30)28(11-15)16-5-4-6-18(10-16)32-3/h4-8,10,15,17H,9,11-13H2,1-3H3. The summed E-state index contributed by atoms with van der Waals surface area (Å²) in [6.07, 6.45) is 0.224. The summed E-state index contributed by atoms with van der Waals surface area (Å²) in [5.74, 6) is 1.87. The smallest absolute Gasteiger partial charge is 0.228 e. The van der Waals surface area contributed by atoms with E-state index in [1.807, 2.05) is 50.4 Å². The average Bonchev–Trinajstić information content (AvgIpc) is 3.35. The number of benzene rings is 1. The lowest BCUT2D eigenvalue weighted by Crippen LogP contribution is -2.61. The summed E-state index contributed by atoms with van der Waals surface area (Å²) in [5.41, 5.74) is 1.47. The van der Waals surface area contributed by atoms with E-state index in [2.05, 4.69) is 20.2 Å². The van der Waals surface area contributed by atoms with Gasteiger partial charge in [0, 0.05) is 44.9 Å². The molecule has 2 aliphatic heterocycles. The van der Waals surface area contributed by atoms with E-state index in [4.69, 9.17) is 4.74 Å². The van der Waals surface area contributed by atoms with Gasteiger partial charge in [0.2, 0.25) is 11.8 Å². The van der Waals surface area contributed by atoms with Crippen molar-refractivity contribution in [3.05, 3.63) is 42.2 Å². The molecule has 0 radical (unpaired) electrons. The zero-order valence-electron chi connectivity index (χ0n) is 18.3. The molecule has 166 valence electrons. The normalized spacial score (nSPS) is 18.8. The highest BCUT2D eigenvalue weighted by atomic mass is 16.5. The molecule has 0 bridgehead atoms. The van der Waals surface area contributed by atoms with Gasteiger partial charge in [0.1, 0.15) is 11.6 Å². The molecule has 2 fully saturated rings. The highest BCUT2D eigenvalue weighted by Gasteiger charge is 2.40. The largest absolute Gasteiger partial charge is 0.497 e. The number of nitrogens with zero attached hydrogens (tertiary/aromatic N) is 7. The van der Waals surface area contributed by atoms with Gasteiger partial charge in [0.15, 0.2) is 11.5 Å². The number of anilines is 2. The van der Waals surface area contributed by atoms with Gasteiger partial charge in [-0.25, -0.2) is 0 Å². The maximum absolute atomic E-state index is 13.1. The number of hydrogen-bond acceptors (Lipinski definition) is 7. The van der Waals surface area contributed by atoms with Crippen LogP contribution in [0.1, 0.15) is 12.2 Å². The van der Waals surface area contributed by atoms with Crippen molar-refractivity contribution in [3.8, 4) is 5.75 Å². The van der Waals surface area contributed by atoms with E-state index in [1.165, 1.54) is 0 Å². The Hall–Kier alpha value is -3.69. The summed E-state index contributed by atoms with van der Waals surface area (Å²) in [5, 5.41) is 12.7. The van der Waals surface area contributed by atoms with Crippen LogP contribution < -0.4 is 14.5 Å². The third-order valence-corrected chi connectivity index (χ3v) is 6.33. The number of amides is 2. The first kappa shape index (κ1) is 20.2. The van der Waals surface area contributed by atoms with Crippen LogP contribution in [0.25, 0.3) is 5.65 Å². The number of likely N-dealkylation sites (N-methyl/N-ethyl adjacent to an activating group) is 1. The minimum atomic E-state index is -0.345. The summed E-state index contributed by atoms with van der Waals surface area (Å²) < 4.78 is 6.97. The van der Waals surface area contributed by atoms with Gasteiger partial charge in [0.05, 0.1) is 19.1 Å². The predicted molar refractivity (Wildman–Crippen MR) is 118 cm³/mol. The number of rotatable bonds is 5. The first-order valence-electron chi connectivity index (χ1n) is 10.6. The second-order valence-corrected chi connectivity index (χ2v) is 8.32. The summed E-state index contributed by atoms with van der Waals surface area (Å²) in [7, 11) is 3.42. The third kappa shape index (κ3) is 3.41. The van der Waals surface area contributed by atoms with Gasteiger partial charge >= 0.3 is 0 Å². The Bertz CT molecular complexity index is 1190. The first-order valence-corrected chi connectivity index (χ1v) is 10.6. The Balaban J connectivity index is 1.21. The molecule has 0 spiro atoms. The number of carbonyl (C=O) groups is 2. The molecule has 0 N–H and O–H groups in total. The summed E-state index contributed by atoms with van der Waals surface area (Å²) in [6, 6.07) is 11.3. The van der Waals surface area contributed by atoms with E-state index in [9.17, 15) is 9.59 Å². The molecule has 5 rings (SSSR count). The van der Waals surface area contributed by atoms with Crippen molar-refractivity contribution in [2.45, 2.75) is 19.4 Å². The highest BCUT2D eigenvalue weighted by molar-refractivity contribution is 6.00. The third-order valence-electron chi connectivity index (χ3n) is 6.33. The van der Waals surface area contributed by atoms with E-state index in [1.54, 1.807) is 21.4 Å². The Kier molecular flexibility index (Phi) is 4.91. The number of hydrogen-bond donors (Lipinski definition) is 0. The maximum atomic E-state index is 13.1. The zero-order valence-corrected chi connectivity index (χ0v) is 18.3. The van der Waals surface area contributed by atoms with Gasteiger partial charge in [-0.2, -0.15) is 4.52 Å². The highest BCUT2D eigenvalue weighted by Crippen LogP contribution is 2.30. The van der Waals surface area contributed by atoms with E-state index >= 15 is 0 Å². The van der Waals surface area contributed by atoms with E-state index < -0.39 is 0 Å². The van der Waals surface area contributed by atoms with Crippen LogP contribution in [0.2, 0.25) is 0 Å². The van der Waals surface area contributed by atoms with Gasteiger partial charge in [0.25, 0.3) is 0 Å². The molecule has 10 heteroatoms. The lowest BCUT2D eigenvalue weighted by Gasteiger charge is -2.45. The van der Waals surface area contributed by atoms with Gasteiger partial charge in [-0.15, -0.1) is 15.3 Å². The van der Waals surface area contributed by atoms with Crippen LogP contribution in [-0.2, 0) is 9.59 Å². The van der Waals surface area contributed by atoms with Crippen molar-refractivity contribution in [2.24, 2.45) is 5.92 Å². The quantitative estimate of drug-likeness (QED) is 0.593. The maximum Gasteiger partial charge on any atom is 0.228 e. The Morgan fingerprint density at radius 3 is 2.75 bits per heavy atom. The van der Waals surface area contributed by atoms with Crippen molar-refractivity contribution >= 4 is 29.0 Å². The topological polar surface area (TPSA) is 96.2 Å². The Morgan fingerprint density at radius 1 is 1.16 bits per heavy atom. The lowest BCUT2D eigenvalue weighted by molar-refractivity contribution is -0.137. The first-order chi connectivity index (χ1) is 15.4. The number of ether oxygens (including phenoxy) is 1. The number of fused-ring (bicyclic) bond motifs is 1. The van der Waals surface area contributed by atoms with E-state index in [0.29, 0.717) is 31.0 Å². The van der Waals surface area contributed by atoms with Crippen molar-refractivity contribution in [1.82, 2.24) is 24.7 Å². The molecule has 3 aromatic rings. The van der Waals surface area contributed by atoms with Crippen LogP contribution in [0.3, 0.4) is 0 Å². The fourth-order valence-corrected chi connectivity index (χ4v) is 4.31. The van der Waals surface area contributed by atoms with Crippen molar-refractivity contribution in [1.29, 1.82) is 0 Å². The van der Waals surface area contributed by atoms with Gasteiger partial charge in [-0.05, 0) is 31.2 Å². The van der Waals surface area contributed by atoms with Crippen LogP contribution in [-0.4, -0.2) is 76.4 Å². The predicted octanol–water partition coefficient (Wildman–Crippen LogP) is 1.14. The van der Waals surface area contributed by atoms with Crippen LogP contribution in [0, 0.1) is 12.8 Å². The second kappa shape index (κ2) is 7.77. The SMILES string of the molecule is COc1cccc(N2CC(C(=O)N(C)C3CN(c4ccc5nnc(C)n5n4)C3)CC2=O)c1. The molecular weight excluding hydrogens is 410 g/mol. The number of methoxy groups -OCH3 is 1. The minimum absolute atomic E-state index is 0.00598. The van der Waals surface area contributed by atoms with Crippen molar-refractivity contribution < 1.29 is 14.3 Å². The van der Waals surface area contributed by atoms with E-state index in [0.717, 1.165) is 17.3 Å². The number of aromatic nitrogens is 4. The Labute approximate surface area is 185 Å². The van der Waals surface area contributed by atoms with Gasteiger partial charge in [-0.3, -0.25) is 9.59 Å². The molecule has 10 nitrogen and oxygen atoms in total. The number of aryl methyl sites for hydroxylation is 1. The molecule has 1 atom stereocenters. The van der Waals surface area contributed by atoms with Crippen molar-refractivity contribution in [2.75, 3.05) is 43.6 Å². The molecule has 1 unspecified atom stereocenters. The Morgan fingerprint density at radius 2 is 1.97 bits per heavy atom. The van der Waals surface area contributed by atoms with Gasteiger partial charge in [-0.1, -0.05) is 6.07 Å². The molecule has 32 heavy (non-hydrogen) atoms. The lowest BCUT2D eigenvalue weighted by atomic mass is 10.0. The molecule has 2 amide bonds. The molecule has 4 heterocycles. The molecule has 0 saturated carbocycles. The minimum Gasteiger partial charge on any atom is -0.497 e. The average molecular weight is 435 g/mol. The summed E-state index contributed by atoms with van der Waals surface area (Å²) in [6.45, 7) is 3.64. The van der Waals surface area contributed by atoms with Crippen molar-refractivity contribution in [3.63, 3.8) is 0 Å².